The van der Waals surface area contributed by atoms with Gasteiger partial charge in [0.25, 0.3) is 0 Å². The van der Waals surface area contributed by atoms with Gasteiger partial charge in [-0.1, -0.05) is 0 Å². The molecule has 1 saturated heterocycles. The van der Waals surface area contributed by atoms with Crippen LogP contribution in [-0.2, 0) is 9.59 Å². The summed E-state index contributed by atoms with van der Waals surface area (Å²) >= 11 is 1.84. The SMILES string of the molecule is CN(CCCC(=O)O)C(=O)C1CCCSC1. The van der Waals surface area contributed by atoms with E-state index in [1.165, 1.54) is 0 Å². The van der Waals surface area contributed by atoms with Crippen molar-refractivity contribution in [2.75, 3.05) is 25.1 Å². The molecule has 1 aliphatic rings. The number of carbonyl (C=O) groups excluding carboxylic acids is 1. The van der Waals surface area contributed by atoms with E-state index in [4.69, 9.17) is 5.11 Å². The summed E-state index contributed by atoms with van der Waals surface area (Å²) in [6.45, 7) is 0.548. The first kappa shape index (κ1) is 13.4. The van der Waals surface area contributed by atoms with Gasteiger partial charge in [-0.25, -0.2) is 0 Å². The lowest BCUT2D eigenvalue weighted by Crippen LogP contribution is -2.36. The molecular formula is C11H19NO3S. The molecule has 0 saturated carbocycles. The van der Waals surface area contributed by atoms with Crippen LogP contribution in [0.2, 0.25) is 0 Å². The quantitative estimate of drug-likeness (QED) is 0.796. The van der Waals surface area contributed by atoms with E-state index < -0.39 is 5.97 Å². The fraction of sp³-hybridized carbons (Fsp3) is 0.818. The predicted octanol–water partition coefficient (Wildman–Crippen LogP) is 1.45. The molecule has 1 aliphatic heterocycles. The van der Waals surface area contributed by atoms with Crippen LogP contribution in [0.4, 0.5) is 0 Å². The first-order valence-corrected chi connectivity index (χ1v) is 6.81. The van der Waals surface area contributed by atoms with Crippen LogP contribution in [-0.4, -0.2) is 47.0 Å². The maximum absolute atomic E-state index is 11.9. The largest absolute Gasteiger partial charge is 0.481 e. The summed E-state index contributed by atoms with van der Waals surface area (Å²) in [5.41, 5.74) is 0. The molecule has 0 bridgehead atoms. The van der Waals surface area contributed by atoms with Crippen LogP contribution in [0.1, 0.15) is 25.7 Å². The van der Waals surface area contributed by atoms with Crippen LogP contribution in [0.5, 0.6) is 0 Å². The first-order valence-electron chi connectivity index (χ1n) is 5.65. The Labute approximate surface area is 100 Å². The molecule has 0 aromatic rings. The normalized spacial score (nSPS) is 20.4. The number of nitrogens with zero attached hydrogens (tertiary/aromatic N) is 1. The molecule has 1 heterocycles. The summed E-state index contributed by atoms with van der Waals surface area (Å²) in [5.74, 6) is 1.61. The fourth-order valence-corrected chi connectivity index (χ4v) is 2.96. The predicted molar refractivity (Wildman–Crippen MR) is 64.6 cm³/mol. The monoisotopic (exact) mass is 245 g/mol. The summed E-state index contributed by atoms with van der Waals surface area (Å²) in [6.07, 6.45) is 2.77. The average Bonchev–Trinajstić information content (AvgIpc) is 2.28. The van der Waals surface area contributed by atoms with Crippen LogP contribution in [0.25, 0.3) is 0 Å². The molecule has 0 aromatic carbocycles. The minimum Gasteiger partial charge on any atom is -0.481 e. The zero-order valence-electron chi connectivity index (χ0n) is 9.65. The molecule has 4 nitrogen and oxygen atoms in total. The molecule has 0 radical (unpaired) electrons. The van der Waals surface area contributed by atoms with Gasteiger partial charge in [-0.2, -0.15) is 11.8 Å². The van der Waals surface area contributed by atoms with Crippen molar-refractivity contribution in [1.29, 1.82) is 0 Å². The topological polar surface area (TPSA) is 57.6 Å². The maximum atomic E-state index is 11.9. The summed E-state index contributed by atoms with van der Waals surface area (Å²) in [5, 5.41) is 8.51. The number of carboxylic acids is 1. The molecule has 1 amide bonds. The van der Waals surface area contributed by atoms with Crippen LogP contribution in [0, 0.1) is 5.92 Å². The van der Waals surface area contributed by atoms with Crippen LogP contribution in [0.15, 0.2) is 0 Å². The van der Waals surface area contributed by atoms with Crippen molar-refractivity contribution in [2.45, 2.75) is 25.7 Å². The summed E-state index contributed by atoms with van der Waals surface area (Å²) in [7, 11) is 1.77. The number of carbonyl (C=O) groups is 2. The van der Waals surface area contributed by atoms with Gasteiger partial charge in [-0.15, -0.1) is 0 Å². The van der Waals surface area contributed by atoms with Crippen molar-refractivity contribution in [2.24, 2.45) is 5.92 Å². The van der Waals surface area contributed by atoms with E-state index in [1.54, 1.807) is 11.9 Å². The highest BCUT2D eigenvalue weighted by atomic mass is 32.2. The van der Waals surface area contributed by atoms with E-state index in [9.17, 15) is 9.59 Å². The molecule has 1 fully saturated rings. The number of carboxylic acid groups (broad SMARTS) is 1. The van der Waals surface area contributed by atoms with Gasteiger partial charge < -0.3 is 10.0 Å². The second kappa shape index (κ2) is 6.78. The van der Waals surface area contributed by atoms with Gasteiger partial charge >= 0.3 is 5.97 Å². The number of aliphatic carboxylic acids is 1. The summed E-state index contributed by atoms with van der Waals surface area (Å²) in [4.78, 5) is 24.0. The summed E-state index contributed by atoms with van der Waals surface area (Å²) in [6, 6.07) is 0. The number of thioether (sulfide) groups is 1. The van der Waals surface area contributed by atoms with Crippen molar-refractivity contribution in [3.05, 3.63) is 0 Å². The molecule has 0 aromatic heterocycles. The lowest BCUT2D eigenvalue weighted by atomic mass is 10.0. The van der Waals surface area contributed by atoms with Crippen molar-refractivity contribution in [3.8, 4) is 0 Å². The van der Waals surface area contributed by atoms with Gasteiger partial charge in [0, 0.05) is 31.7 Å². The van der Waals surface area contributed by atoms with E-state index in [1.807, 2.05) is 11.8 Å². The summed E-state index contributed by atoms with van der Waals surface area (Å²) < 4.78 is 0. The fourth-order valence-electron chi connectivity index (χ4n) is 1.82. The number of rotatable bonds is 5. The van der Waals surface area contributed by atoms with Crippen molar-refractivity contribution in [1.82, 2.24) is 4.90 Å². The molecular weight excluding hydrogens is 226 g/mol. The minimum atomic E-state index is -0.797. The third-order valence-electron chi connectivity index (χ3n) is 2.77. The molecule has 1 unspecified atom stereocenters. The molecule has 0 aliphatic carbocycles. The van der Waals surface area contributed by atoms with E-state index in [0.717, 1.165) is 24.3 Å². The molecule has 1 atom stereocenters. The Kier molecular flexibility index (Phi) is 5.66. The Bertz CT molecular complexity index is 252. The Balaban J connectivity index is 2.26. The third-order valence-corrected chi connectivity index (χ3v) is 3.99. The Morgan fingerprint density at radius 1 is 1.50 bits per heavy atom. The third kappa shape index (κ3) is 4.43. The molecule has 1 N–H and O–H groups in total. The van der Waals surface area contributed by atoms with Crippen molar-refractivity contribution >= 4 is 23.6 Å². The minimum absolute atomic E-state index is 0.136. The van der Waals surface area contributed by atoms with Crippen LogP contribution in [0.3, 0.4) is 0 Å². The highest BCUT2D eigenvalue weighted by molar-refractivity contribution is 7.99. The number of amides is 1. The van der Waals surface area contributed by atoms with Gasteiger partial charge in [0.2, 0.25) is 5.91 Å². The second-order valence-corrected chi connectivity index (χ2v) is 5.32. The lowest BCUT2D eigenvalue weighted by Gasteiger charge is -2.26. The zero-order chi connectivity index (χ0) is 12.0. The van der Waals surface area contributed by atoms with Crippen LogP contribution >= 0.6 is 11.8 Å². The average molecular weight is 245 g/mol. The number of hydrogen-bond acceptors (Lipinski definition) is 3. The van der Waals surface area contributed by atoms with Gasteiger partial charge in [-0.3, -0.25) is 9.59 Å². The smallest absolute Gasteiger partial charge is 0.303 e. The van der Waals surface area contributed by atoms with Crippen molar-refractivity contribution in [3.63, 3.8) is 0 Å². The highest BCUT2D eigenvalue weighted by Gasteiger charge is 2.24. The second-order valence-electron chi connectivity index (χ2n) is 4.17. The Morgan fingerprint density at radius 2 is 2.25 bits per heavy atom. The molecule has 5 heteroatoms. The van der Waals surface area contributed by atoms with E-state index >= 15 is 0 Å². The Morgan fingerprint density at radius 3 is 2.81 bits per heavy atom. The van der Waals surface area contributed by atoms with Gasteiger partial charge in [0.15, 0.2) is 0 Å². The van der Waals surface area contributed by atoms with Gasteiger partial charge in [0.05, 0.1) is 0 Å². The van der Waals surface area contributed by atoms with E-state index in [0.29, 0.717) is 13.0 Å². The molecule has 0 spiro atoms. The molecule has 92 valence electrons. The Hall–Kier alpha value is -0.710. The lowest BCUT2D eigenvalue weighted by molar-refractivity contribution is -0.138. The number of hydrogen-bond donors (Lipinski definition) is 1. The zero-order valence-corrected chi connectivity index (χ0v) is 10.5. The van der Waals surface area contributed by atoms with Gasteiger partial charge in [-0.05, 0) is 25.0 Å². The maximum Gasteiger partial charge on any atom is 0.303 e. The van der Waals surface area contributed by atoms with Crippen LogP contribution < -0.4 is 0 Å². The van der Waals surface area contributed by atoms with E-state index in [2.05, 4.69) is 0 Å². The first-order chi connectivity index (χ1) is 7.61. The molecule has 16 heavy (non-hydrogen) atoms. The molecule has 1 rings (SSSR count). The van der Waals surface area contributed by atoms with E-state index in [-0.39, 0.29) is 18.2 Å². The highest BCUT2D eigenvalue weighted by Crippen LogP contribution is 2.23. The van der Waals surface area contributed by atoms with Crippen molar-refractivity contribution < 1.29 is 14.7 Å². The standard InChI is InChI=1S/C11H19NO3S/c1-12(6-2-5-10(13)14)11(15)9-4-3-7-16-8-9/h9H,2-8H2,1H3,(H,13,14). The van der Waals surface area contributed by atoms with Gasteiger partial charge in [0.1, 0.15) is 0 Å².